The van der Waals surface area contributed by atoms with E-state index in [4.69, 9.17) is 9.47 Å². The molecule has 0 spiro atoms. The van der Waals surface area contributed by atoms with E-state index in [1.807, 2.05) is 28.8 Å². The summed E-state index contributed by atoms with van der Waals surface area (Å²) in [4.78, 5) is 15.9. The molecule has 1 saturated carbocycles. The van der Waals surface area contributed by atoms with Crippen LogP contribution in [0.1, 0.15) is 44.9 Å². The van der Waals surface area contributed by atoms with Crippen LogP contribution < -0.4 is 5.32 Å². The van der Waals surface area contributed by atoms with Crippen LogP contribution in [0.2, 0.25) is 0 Å². The monoisotopic (exact) mass is 390 g/mol. The quantitative estimate of drug-likeness (QED) is 0.803. The van der Waals surface area contributed by atoms with E-state index in [-0.39, 0.29) is 18.2 Å². The molecule has 1 atom stereocenters. The molecule has 2 amide bonds. The number of urea groups is 1. The Morgan fingerprint density at radius 1 is 1.07 bits per heavy atom. The van der Waals surface area contributed by atoms with Gasteiger partial charge in [-0.15, -0.1) is 11.8 Å². The average molecular weight is 391 g/mol. The molecule has 2 heterocycles. The lowest BCUT2D eigenvalue weighted by atomic mass is 10.1. The van der Waals surface area contributed by atoms with Crippen molar-refractivity contribution in [3.05, 3.63) is 24.3 Å². The first-order valence-corrected chi connectivity index (χ1v) is 11.2. The maximum atomic E-state index is 12.8. The number of benzene rings is 1. The third-order valence-electron chi connectivity index (χ3n) is 5.73. The Kier molecular flexibility index (Phi) is 6.58. The molecule has 2 saturated heterocycles. The number of hydrogen-bond donors (Lipinski definition) is 1. The molecule has 4 rings (SSSR count). The second kappa shape index (κ2) is 9.30. The Morgan fingerprint density at radius 3 is 2.59 bits per heavy atom. The fourth-order valence-electron chi connectivity index (χ4n) is 4.14. The molecule has 1 N–H and O–H groups in total. The van der Waals surface area contributed by atoms with Crippen molar-refractivity contribution >= 4 is 23.5 Å². The van der Waals surface area contributed by atoms with E-state index in [2.05, 4.69) is 17.4 Å². The molecular formula is C21H30N2O3S. The molecule has 1 unspecified atom stereocenters. The van der Waals surface area contributed by atoms with Gasteiger partial charge in [-0.1, -0.05) is 25.0 Å². The van der Waals surface area contributed by atoms with Crippen LogP contribution in [0.4, 0.5) is 10.5 Å². The number of nitrogens with one attached hydrogen (secondary N) is 1. The number of hydrogen-bond acceptors (Lipinski definition) is 4. The Hall–Kier alpha value is -1.24. The van der Waals surface area contributed by atoms with E-state index < -0.39 is 0 Å². The summed E-state index contributed by atoms with van der Waals surface area (Å²) in [6, 6.07) is 8.21. The number of ether oxygens (including phenoxy) is 2. The third-order valence-corrected chi connectivity index (χ3v) is 7.14. The van der Waals surface area contributed by atoms with Gasteiger partial charge in [0.1, 0.15) is 0 Å². The summed E-state index contributed by atoms with van der Waals surface area (Å²) >= 11 is 1.92. The van der Waals surface area contributed by atoms with E-state index in [9.17, 15) is 4.79 Å². The average Bonchev–Trinajstić information content (AvgIpc) is 3.38. The molecule has 0 radical (unpaired) electrons. The molecular weight excluding hydrogens is 360 g/mol. The van der Waals surface area contributed by atoms with Crippen LogP contribution in [0, 0.1) is 0 Å². The van der Waals surface area contributed by atoms with Gasteiger partial charge in [0, 0.05) is 29.8 Å². The van der Waals surface area contributed by atoms with Gasteiger partial charge in [-0.2, -0.15) is 0 Å². The highest BCUT2D eigenvalue weighted by Crippen LogP contribution is 2.38. The van der Waals surface area contributed by atoms with E-state index in [0.29, 0.717) is 5.25 Å². The summed E-state index contributed by atoms with van der Waals surface area (Å²) in [5.74, 6) is 0. The zero-order valence-corrected chi connectivity index (χ0v) is 16.7. The molecule has 148 valence electrons. The number of nitrogens with zero attached hydrogens (tertiary/aromatic N) is 1. The summed E-state index contributed by atoms with van der Waals surface area (Å²) in [7, 11) is 0. The molecule has 1 aromatic carbocycles. The molecule has 3 aliphatic rings. The minimum atomic E-state index is 0.0112. The summed E-state index contributed by atoms with van der Waals surface area (Å²) in [6.45, 7) is 3.03. The number of para-hydroxylation sites is 1. The molecule has 1 aliphatic carbocycles. The summed E-state index contributed by atoms with van der Waals surface area (Å²) in [6.07, 6.45) is 8.53. The van der Waals surface area contributed by atoms with E-state index in [1.165, 1.54) is 30.6 Å². The lowest BCUT2D eigenvalue weighted by Crippen LogP contribution is -2.43. The number of thioether (sulfide) groups is 1. The fourth-order valence-corrected chi connectivity index (χ4v) is 5.47. The zero-order chi connectivity index (χ0) is 18.5. The number of carbonyl (C=O) groups is 1. The zero-order valence-electron chi connectivity index (χ0n) is 15.9. The number of amides is 2. The van der Waals surface area contributed by atoms with Crippen molar-refractivity contribution in [1.82, 2.24) is 4.90 Å². The highest BCUT2D eigenvalue weighted by molar-refractivity contribution is 8.00. The van der Waals surface area contributed by atoms with Crippen molar-refractivity contribution in [2.24, 2.45) is 0 Å². The van der Waals surface area contributed by atoms with Crippen LogP contribution in [0.15, 0.2) is 29.2 Å². The van der Waals surface area contributed by atoms with Gasteiger partial charge in [0.2, 0.25) is 0 Å². The molecule has 0 aromatic heterocycles. The van der Waals surface area contributed by atoms with Gasteiger partial charge in [-0.05, 0) is 44.2 Å². The minimum Gasteiger partial charge on any atom is -0.379 e. The van der Waals surface area contributed by atoms with Crippen LogP contribution in [-0.4, -0.2) is 54.7 Å². The molecule has 2 aliphatic heterocycles. The smallest absolute Gasteiger partial charge is 0.321 e. The second-order valence-corrected chi connectivity index (χ2v) is 9.10. The van der Waals surface area contributed by atoms with Crippen LogP contribution in [-0.2, 0) is 9.47 Å². The first-order valence-electron chi connectivity index (χ1n) is 10.3. The van der Waals surface area contributed by atoms with Gasteiger partial charge in [0.05, 0.1) is 24.5 Å². The van der Waals surface area contributed by atoms with Crippen molar-refractivity contribution in [2.75, 3.05) is 31.6 Å². The predicted octanol–water partition coefficient (Wildman–Crippen LogP) is 4.52. The van der Waals surface area contributed by atoms with Crippen LogP contribution in [0.3, 0.4) is 0 Å². The van der Waals surface area contributed by atoms with E-state index >= 15 is 0 Å². The first-order chi connectivity index (χ1) is 13.3. The van der Waals surface area contributed by atoms with Crippen molar-refractivity contribution < 1.29 is 14.3 Å². The Morgan fingerprint density at radius 2 is 1.85 bits per heavy atom. The lowest BCUT2D eigenvalue weighted by molar-refractivity contribution is -0.0387. The molecule has 6 heteroatoms. The minimum absolute atomic E-state index is 0.0112. The summed E-state index contributed by atoms with van der Waals surface area (Å²) in [5.41, 5.74) is 0.945. The van der Waals surface area contributed by atoms with E-state index in [1.54, 1.807) is 0 Å². The standard InChI is InChI=1S/C21H30N2O3S/c24-21(23-12-9-16(10-13-23)26-17-11-14-25-15-17)22-19-7-3-4-8-20(19)27-18-5-1-2-6-18/h3-4,7-8,16-18H,1-2,5-6,9-15H2,(H,22,24). The van der Waals surface area contributed by atoms with Crippen LogP contribution in [0.25, 0.3) is 0 Å². The molecule has 3 fully saturated rings. The van der Waals surface area contributed by atoms with E-state index in [0.717, 1.165) is 51.3 Å². The molecule has 5 nitrogen and oxygen atoms in total. The summed E-state index contributed by atoms with van der Waals surface area (Å²) in [5, 5.41) is 3.84. The van der Waals surface area contributed by atoms with Crippen molar-refractivity contribution in [1.29, 1.82) is 0 Å². The van der Waals surface area contributed by atoms with Crippen molar-refractivity contribution in [3.8, 4) is 0 Å². The van der Waals surface area contributed by atoms with Gasteiger partial charge in [0.15, 0.2) is 0 Å². The number of likely N-dealkylation sites (tertiary alicyclic amines) is 1. The van der Waals surface area contributed by atoms with Crippen LogP contribution >= 0.6 is 11.8 Å². The molecule has 0 bridgehead atoms. The summed E-state index contributed by atoms with van der Waals surface area (Å²) < 4.78 is 11.5. The fraction of sp³-hybridized carbons (Fsp3) is 0.667. The third kappa shape index (κ3) is 5.18. The first kappa shape index (κ1) is 19.1. The van der Waals surface area contributed by atoms with Crippen molar-refractivity contribution in [3.63, 3.8) is 0 Å². The maximum Gasteiger partial charge on any atom is 0.321 e. The maximum absolute atomic E-state index is 12.8. The number of piperidine rings is 1. The topological polar surface area (TPSA) is 50.8 Å². The number of anilines is 1. The van der Waals surface area contributed by atoms with Gasteiger partial charge < -0.3 is 19.7 Å². The largest absolute Gasteiger partial charge is 0.379 e. The second-order valence-electron chi connectivity index (χ2n) is 7.76. The van der Waals surface area contributed by atoms with Gasteiger partial charge in [-0.25, -0.2) is 4.79 Å². The number of rotatable bonds is 5. The van der Waals surface area contributed by atoms with Crippen molar-refractivity contribution in [2.45, 2.75) is 67.3 Å². The number of carbonyl (C=O) groups excluding carboxylic acids is 1. The predicted molar refractivity (Wildman–Crippen MR) is 108 cm³/mol. The SMILES string of the molecule is O=C(Nc1ccccc1SC1CCCC1)N1CCC(OC2CCOC2)CC1. The van der Waals surface area contributed by atoms with Gasteiger partial charge >= 0.3 is 6.03 Å². The normalized spacial score (nSPS) is 24.4. The van der Waals surface area contributed by atoms with Gasteiger partial charge in [0.25, 0.3) is 0 Å². The molecule has 27 heavy (non-hydrogen) atoms. The highest BCUT2D eigenvalue weighted by Gasteiger charge is 2.27. The lowest BCUT2D eigenvalue weighted by Gasteiger charge is -2.33. The highest BCUT2D eigenvalue weighted by atomic mass is 32.2. The van der Waals surface area contributed by atoms with Crippen LogP contribution in [0.5, 0.6) is 0 Å². The van der Waals surface area contributed by atoms with Gasteiger partial charge in [-0.3, -0.25) is 0 Å². The molecule has 1 aromatic rings. The Bertz CT molecular complexity index is 622. The Labute approximate surface area is 166 Å². The Balaban J connectivity index is 1.28.